The molecule has 0 aliphatic carbocycles. The topological polar surface area (TPSA) is 221 Å². The highest BCUT2D eigenvalue weighted by Gasteiger charge is 2.26. The molecule has 204 valence electrons. The minimum atomic E-state index is -1.21. The van der Waals surface area contributed by atoms with Crippen LogP contribution in [0.15, 0.2) is 43.0 Å². The van der Waals surface area contributed by atoms with E-state index >= 15 is 0 Å². The number of aliphatic carboxylic acids is 1. The number of carbonyl (C=O) groups is 4. The number of aromatic amines is 2. The number of aromatic nitrogens is 3. The van der Waals surface area contributed by atoms with E-state index < -0.39 is 48.4 Å². The zero-order chi connectivity index (χ0) is 27.5. The summed E-state index contributed by atoms with van der Waals surface area (Å²) in [6, 6.07) is 4.38. The molecule has 0 spiro atoms. The first-order valence-electron chi connectivity index (χ1n) is 12.4. The SMILES string of the molecule is NCCCCC(N)C(=O)NC(Cc1cnc[nH]1)C(=O)NCC(=O)NC(Cc1c[nH]c2ccccc12)C(=O)O. The molecule has 10 N–H and O–H groups in total. The van der Waals surface area contributed by atoms with Crippen LogP contribution < -0.4 is 27.4 Å². The van der Waals surface area contributed by atoms with Crippen molar-refractivity contribution in [1.82, 2.24) is 30.9 Å². The number of hydrogen-bond donors (Lipinski definition) is 8. The monoisotopic (exact) mass is 526 g/mol. The van der Waals surface area contributed by atoms with Crippen molar-refractivity contribution in [2.24, 2.45) is 11.5 Å². The van der Waals surface area contributed by atoms with Crippen molar-refractivity contribution in [2.45, 2.75) is 50.2 Å². The number of nitrogens with zero attached hydrogens (tertiary/aromatic N) is 1. The predicted octanol–water partition coefficient (Wildman–Crippen LogP) is -0.697. The van der Waals surface area contributed by atoms with Gasteiger partial charge >= 0.3 is 5.97 Å². The molecule has 3 atom stereocenters. The maximum absolute atomic E-state index is 12.9. The Morgan fingerprint density at radius 3 is 2.50 bits per heavy atom. The van der Waals surface area contributed by atoms with Crippen molar-refractivity contribution in [1.29, 1.82) is 0 Å². The molecule has 1 aromatic carbocycles. The molecular weight excluding hydrogens is 492 g/mol. The zero-order valence-corrected chi connectivity index (χ0v) is 20.9. The lowest BCUT2D eigenvalue weighted by molar-refractivity contribution is -0.141. The number of carboxylic acid groups (broad SMARTS) is 1. The minimum absolute atomic E-state index is 0.0551. The summed E-state index contributed by atoms with van der Waals surface area (Å²) in [6.45, 7) is 0.0141. The van der Waals surface area contributed by atoms with Gasteiger partial charge in [0.15, 0.2) is 0 Å². The number of carboxylic acids is 1. The molecule has 13 nitrogen and oxygen atoms in total. The Hall–Kier alpha value is -4.23. The summed E-state index contributed by atoms with van der Waals surface area (Å²) < 4.78 is 0. The van der Waals surface area contributed by atoms with Crippen LogP contribution in [0.2, 0.25) is 0 Å². The average Bonchev–Trinajstić information content (AvgIpc) is 3.56. The highest BCUT2D eigenvalue weighted by Crippen LogP contribution is 2.19. The second-order valence-electron chi connectivity index (χ2n) is 8.97. The summed E-state index contributed by atoms with van der Waals surface area (Å²) >= 11 is 0. The van der Waals surface area contributed by atoms with Gasteiger partial charge in [-0.1, -0.05) is 24.6 Å². The number of fused-ring (bicyclic) bond motifs is 1. The molecule has 0 aliphatic heterocycles. The summed E-state index contributed by atoms with van der Waals surface area (Å²) in [7, 11) is 0. The van der Waals surface area contributed by atoms with Crippen LogP contribution in [0.3, 0.4) is 0 Å². The fourth-order valence-electron chi connectivity index (χ4n) is 4.00. The molecule has 3 unspecified atom stereocenters. The Morgan fingerprint density at radius 1 is 1.00 bits per heavy atom. The second kappa shape index (κ2) is 13.9. The predicted molar refractivity (Wildman–Crippen MR) is 140 cm³/mol. The Bertz CT molecular complexity index is 1230. The standard InChI is InChI=1S/C25H34N8O5/c26-8-4-3-6-18(27)23(35)33-20(10-16-12-28-14-31-16)24(36)30-13-22(34)32-21(25(37)38)9-15-11-29-19-7-2-1-5-17(15)19/h1-2,5,7,11-12,14,18,20-21,29H,3-4,6,8-10,13,26-27H2,(H,28,31)(H,30,36)(H,32,34)(H,33,35)(H,37,38). The Kier molecular flexibility index (Phi) is 10.4. The molecule has 13 heteroatoms. The van der Waals surface area contributed by atoms with E-state index in [1.54, 1.807) is 6.20 Å². The summed E-state index contributed by atoms with van der Waals surface area (Å²) in [6.07, 6.45) is 6.62. The van der Waals surface area contributed by atoms with Gasteiger partial charge in [0.05, 0.1) is 18.9 Å². The highest BCUT2D eigenvalue weighted by atomic mass is 16.4. The van der Waals surface area contributed by atoms with Crippen LogP contribution in [-0.2, 0) is 32.0 Å². The molecule has 3 rings (SSSR count). The summed E-state index contributed by atoms with van der Waals surface area (Å²) in [5.74, 6) is -3.02. The average molecular weight is 527 g/mol. The van der Waals surface area contributed by atoms with Gasteiger partial charge in [0.2, 0.25) is 17.7 Å². The Balaban J connectivity index is 1.58. The summed E-state index contributed by atoms with van der Waals surface area (Å²) in [5, 5.41) is 18.0. The summed E-state index contributed by atoms with van der Waals surface area (Å²) in [5.41, 5.74) is 13.6. The van der Waals surface area contributed by atoms with Crippen molar-refractivity contribution in [2.75, 3.05) is 13.1 Å². The van der Waals surface area contributed by atoms with Gasteiger partial charge in [-0.25, -0.2) is 9.78 Å². The van der Waals surface area contributed by atoms with Crippen LogP contribution in [0.1, 0.15) is 30.5 Å². The van der Waals surface area contributed by atoms with Gasteiger partial charge in [0.25, 0.3) is 0 Å². The van der Waals surface area contributed by atoms with Crippen molar-refractivity contribution < 1.29 is 24.3 Å². The Morgan fingerprint density at radius 2 is 1.79 bits per heavy atom. The number of hydrogen-bond acceptors (Lipinski definition) is 7. The number of para-hydroxylation sites is 1. The van der Waals surface area contributed by atoms with Crippen molar-refractivity contribution in [3.05, 3.63) is 54.2 Å². The first kappa shape index (κ1) is 28.3. The number of imidazole rings is 1. The van der Waals surface area contributed by atoms with Gasteiger partial charge < -0.3 is 42.5 Å². The van der Waals surface area contributed by atoms with Crippen molar-refractivity contribution in [3.63, 3.8) is 0 Å². The van der Waals surface area contributed by atoms with E-state index in [0.29, 0.717) is 25.1 Å². The molecule has 3 amide bonds. The molecule has 2 heterocycles. The van der Waals surface area contributed by atoms with E-state index in [1.807, 2.05) is 24.3 Å². The largest absolute Gasteiger partial charge is 0.480 e. The molecular formula is C25H34N8O5. The van der Waals surface area contributed by atoms with E-state index in [0.717, 1.165) is 22.9 Å². The third kappa shape index (κ3) is 8.15. The highest BCUT2D eigenvalue weighted by molar-refractivity contribution is 5.93. The van der Waals surface area contributed by atoms with Crippen LogP contribution >= 0.6 is 0 Å². The number of nitrogens with two attached hydrogens (primary N) is 2. The van der Waals surface area contributed by atoms with Crippen LogP contribution in [0.25, 0.3) is 10.9 Å². The van der Waals surface area contributed by atoms with Gasteiger partial charge in [-0.15, -0.1) is 0 Å². The molecule has 0 saturated heterocycles. The lowest BCUT2D eigenvalue weighted by Crippen LogP contribution is -2.54. The number of carbonyl (C=O) groups excluding carboxylic acids is 3. The fourth-order valence-corrected chi connectivity index (χ4v) is 4.00. The normalized spacial score (nSPS) is 13.4. The Labute approximate surface area is 219 Å². The number of H-pyrrole nitrogens is 2. The maximum Gasteiger partial charge on any atom is 0.326 e. The number of benzene rings is 1. The van der Waals surface area contributed by atoms with Crippen LogP contribution in [-0.4, -0.2) is 75.0 Å². The van der Waals surface area contributed by atoms with Crippen molar-refractivity contribution >= 4 is 34.6 Å². The van der Waals surface area contributed by atoms with E-state index in [2.05, 4.69) is 30.9 Å². The van der Waals surface area contributed by atoms with E-state index in [-0.39, 0.29) is 12.8 Å². The third-order valence-electron chi connectivity index (χ3n) is 6.07. The molecule has 0 bridgehead atoms. The quantitative estimate of drug-likeness (QED) is 0.118. The third-order valence-corrected chi connectivity index (χ3v) is 6.07. The molecule has 0 saturated carbocycles. The van der Waals surface area contributed by atoms with Gasteiger partial charge in [-0.2, -0.15) is 0 Å². The summed E-state index contributed by atoms with van der Waals surface area (Å²) in [4.78, 5) is 59.7. The van der Waals surface area contributed by atoms with E-state index in [4.69, 9.17) is 11.5 Å². The van der Waals surface area contributed by atoms with E-state index in [9.17, 15) is 24.3 Å². The molecule has 2 aromatic heterocycles. The van der Waals surface area contributed by atoms with Gasteiger partial charge in [0, 0.05) is 41.8 Å². The minimum Gasteiger partial charge on any atom is -0.480 e. The molecule has 0 radical (unpaired) electrons. The second-order valence-corrected chi connectivity index (χ2v) is 8.97. The molecule has 0 aliphatic rings. The van der Waals surface area contributed by atoms with Gasteiger partial charge in [0.1, 0.15) is 12.1 Å². The number of rotatable bonds is 15. The van der Waals surface area contributed by atoms with Gasteiger partial charge in [-0.05, 0) is 31.0 Å². The van der Waals surface area contributed by atoms with E-state index in [1.165, 1.54) is 12.5 Å². The lowest BCUT2D eigenvalue weighted by atomic mass is 10.0. The maximum atomic E-state index is 12.9. The first-order chi connectivity index (χ1) is 18.3. The first-order valence-corrected chi connectivity index (χ1v) is 12.4. The molecule has 0 fully saturated rings. The fraction of sp³-hybridized carbons (Fsp3) is 0.400. The zero-order valence-electron chi connectivity index (χ0n) is 20.9. The number of amides is 3. The van der Waals surface area contributed by atoms with Crippen molar-refractivity contribution in [3.8, 4) is 0 Å². The van der Waals surface area contributed by atoms with Gasteiger partial charge in [-0.3, -0.25) is 14.4 Å². The molecule has 3 aromatic rings. The van der Waals surface area contributed by atoms with Crippen LogP contribution in [0.4, 0.5) is 0 Å². The van der Waals surface area contributed by atoms with Crippen LogP contribution in [0, 0.1) is 0 Å². The number of unbranched alkanes of at least 4 members (excludes halogenated alkanes) is 1. The van der Waals surface area contributed by atoms with Crippen LogP contribution in [0.5, 0.6) is 0 Å². The smallest absolute Gasteiger partial charge is 0.326 e. The lowest BCUT2D eigenvalue weighted by Gasteiger charge is -2.21. The number of nitrogens with one attached hydrogen (secondary N) is 5. The molecule has 38 heavy (non-hydrogen) atoms.